The van der Waals surface area contributed by atoms with Gasteiger partial charge < -0.3 is 51.8 Å². The van der Waals surface area contributed by atoms with Crippen molar-refractivity contribution in [3.05, 3.63) is 201 Å². The maximum Gasteiger partial charge on any atom is 0.213 e. The smallest absolute Gasteiger partial charge is 0.213 e. The molecule has 0 aliphatic carbocycles. The lowest BCUT2D eigenvalue weighted by atomic mass is 9.95. The van der Waals surface area contributed by atoms with E-state index in [0.29, 0.717) is 26.2 Å². The Hall–Kier alpha value is -6.81. The van der Waals surface area contributed by atoms with Crippen LogP contribution in [0.1, 0.15) is 5.56 Å². The summed E-state index contributed by atoms with van der Waals surface area (Å²) in [5.41, 5.74) is 12.3. The molecule has 0 aliphatic heterocycles. The van der Waals surface area contributed by atoms with Crippen molar-refractivity contribution in [3.63, 3.8) is 0 Å². The summed E-state index contributed by atoms with van der Waals surface area (Å²) in [5.74, 6) is 0. The van der Waals surface area contributed by atoms with Crippen LogP contribution in [0, 0.1) is 6.92 Å². The molecule has 0 amide bonds. The molecule has 7 aromatic carbocycles. The molecule has 372 valence electrons. The first-order valence-corrected chi connectivity index (χ1v) is 25.0. The summed E-state index contributed by atoms with van der Waals surface area (Å²) >= 11 is 0. The molecule has 0 fully saturated rings. The van der Waals surface area contributed by atoms with Crippen LogP contribution in [0.25, 0.3) is 65.9 Å². The van der Waals surface area contributed by atoms with Crippen LogP contribution in [-0.2, 0) is 23.2 Å². The third-order valence-corrected chi connectivity index (χ3v) is 13.2. The molecule has 9 aromatic rings. The second-order valence-electron chi connectivity index (χ2n) is 16.8. The number of para-hydroxylation sites is 4. The van der Waals surface area contributed by atoms with E-state index >= 15 is 0 Å². The van der Waals surface area contributed by atoms with Gasteiger partial charge in [0, 0.05) is 72.9 Å². The quantitative estimate of drug-likeness (QED) is 0.0387. The van der Waals surface area contributed by atoms with Crippen molar-refractivity contribution in [2.24, 2.45) is 0 Å². The first kappa shape index (κ1) is 54.5. The number of fused-ring (bicyclic) bond motifs is 4. The number of aromatic nitrogens is 2. The van der Waals surface area contributed by atoms with E-state index < -0.39 is 10.1 Å². The van der Waals surface area contributed by atoms with E-state index in [9.17, 15) is 33.4 Å². The Morgan fingerprint density at radius 3 is 1.03 bits per heavy atom. The van der Waals surface area contributed by atoms with Gasteiger partial charge in [0.2, 0.25) is 22.1 Å². The predicted molar refractivity (Wildman–Crippen MR) is 286 cm³/mol. The fourth-order valence-corrected chi connectivity index (χ4v) is 9.58. The van der Waals surface area contributed by atoms with Gasteiger partial charge in [-0.15, -0.1) is 0 Å². The minimum atomic E-state index is -4.27. The summed E-state index contributed by atoms with van der Waals surface area (Å²) in [4.78, 5) is 3.80. The zero-order chi connectivity index (χ0) is 50.3. The van der Waals surface area contributed by atoms with Gasteiger partial charge in [0.05, 0.1) is 52.9 Å². The molecule has 0 radical (unpaired) electrons. The summed E-state index contributed by atoms with van der Waals surface area (Å²) in [7, 11) is -4.27. The highest BCUT2D eigenvalue weighted by molar-refractivity contribution is 7.85. The van der Waals surface area contributed by atoms with Crippen LogP contribution in [0.3, 0.4) is 0 Å². The van der Waals surface area contributed by atoms with Crippen molar-refractivity contribution < 1.29 is 59.5 Å². The van der Waals surface area contributed by atoms with E-state index in [1.807, 2.05) is 28.9 Å². The lowest BCUT2D eigenvalue weighted by Gasteiger charge is -2.23. The Morgan fingerprint density at radius 2 is 0.764 bits per heavy atom. The Morgan fingerprint density at radius 1 is 0.472 bits per heavy atom. The van der Waals surface area contributed by atoms with Gasteiger partial charge in [-0.2, -0.15) is 9.13 Å². The molecule has 2 aromatic heterocycles. The number of hydrogen-bond donors (Lipinski definition) is 4. The SMILES string of the molecule is C=CC[n+]1c2ccccc2c(-c2ccc(N(CCO)CCO)cc2)c2ccccc21.C=CC[n+]1c2ccccc2c(-c2ccc(N(CCO)CCO)cc2)c2ccccc21.Cc1ccc(S(=O)(=O)[O-])cc1.[Br-]. The second-order valence-corrected chi connectivity index (χ2v) is 18.2. The third kappa shape index (κ3) is 12.6. The van der Waals surface area contributed by atoms with E-state index in [1.165, 1.54) is 66.9 Å². The third-order valence-electron chi connectivity index (χ3n) is 12.3. The zero-order valence-corrected chi connectivity index (χ0v) is 42.8. The average molecular weight is 1050 g/mol. The lowest BCUT2D eigenvalue weighted by molar-refractivity contribution is -0.634. The summed E-state index contributed by atoms with van der Waals surface area (Å²) in [6.45, 7) is 13.4. The lowest BCUT2D eigenvalue weighted by Crippen LogP contribution is -3.00. The average Bonchev–Trinajstić information content (AvgIpc) is 3.39. The molecule has 0 bridgehead atoms. The molecule has 0 saturated carbocycles. The largest absolute Gasteiger partial charge is 1.00 e. The molecule has 2 heterocycles. The predicted octanol–water partition coefficient (Wildman–Crippen LogP) is 5.75. The number of benzene rings is 7. The molecule has 11 nitrogen and oxygen atoms in total. The van der Waals surface area contributed by atoms with E-state index in [1.54, 1.807) is 12.1 Å². The summed E-state index contributed by atoms with van der Waals surface area (Å²) in [6, 6.07) is 56.5. The van der Waals surface area contributed by atoms with Crippen LogP contribution in [0.2, 0.25) is 0 Å². The number of allylic oxidation sites excluding steroid dienone is 2. The van der Waals surface area contributed by atoms with Crippen LogP contribution >= 0.6 is 0 Å². The molecule has 13 heteroatoms. The highest BCUT2D eigenvalue weighted by atomic mass is 79.9. The minimum Gasteiger partial charge on any atom is -1.00 e. The molecule has 0 unspecified atom stereocenters. The number of rotatable bonds is 17. The maximum absolute atomic E-state index is 10.4. The highest BCUT2D eigenvalue weighted by Gasteiger charge is 2.22. The van der Waals surface area contributed by atoms with E-state index in [-0.39, 0.29) is 48.3 Å². The Labute approximate surface area is 432 Å². The van der Waals surface area contributed by atoms with E-state index in [2.05, 4.69) is 168 Å². The van der Waals surface area contributed by atoms with Crippen molar-refractivity contribution in [1.29, 1.82) is 0 Å². The van der Waals surface area contributed by atoms with Crippen LogP contribution in [0.4, 0.5) is 11.4 Å². The molecule has 0 aliphatic rings. The fourth-order valence-electron chi connectivity index (χ4n) is 9.11. The summed E-state index contributed by atoms with van der Waals surface area (Å²) < 4.78 is 35.8. The van der Waals surface area contributed by atoms with E-state index in [0.717, 1.165) is 41.2 Å². The molecular formula is C59H61BrN4O7S. The number of hydrogen-bond acceptors (Lipinski definition) is 9. The van der Waals surface area contributed by atoms with Gasteiger partial charge in [0.1, 0.15) is 10.1 Å². The van der Waals surface area contributed by atoms with Crippen molar-refractivity contribution in [3.8, 4) is 22.3 Å². The van der Waals surface area contributed by atoms with E-state index in [4.69, 9.17) is 0 Å². The van der Waals surface area contributed by atoms with Gasteiger partial charge in [-0.25, -0.2) is 8.42 Å². The fraction of sp³-hybridized carbons (Fsp3) is 0.186. The van der Waals surface area contributed by atoms with Gasteiger partial charge in [-0.3, -0.25) is 0 Å². The topological polar surface area (TPSA) is 152 Å². The number of aliphatic hydroxyl groups is 4. The molecule has 0 atom stereocenters. The Kier molecular flexibility index (Phi) is 19.7. The molecule has 0 saturated heterocycles. The number of pyridine rings is 2. The summed E-state index contributed by atoms with van der Waals surface area (Å²) in [6.07, 6.45) is 3.87. The number of halogens is 1. The summed E-state index contributed by atoms with van der Waals surface area (Å²) in [5, 5.41) is 42.1. The molecule has 0 spiro atoms. The van der Waals surface area contributed by atoms with Crippen LogP contribution in [0.15, 0.2) is 200 Å². The normalized spacial score (nSPS) is 11.0. The number of nitrogens with zero attached hydrogens (tertiary/aromatic N) is 4. The second kappa shape index (κ2) is 26.1. The standard InChI is InChI=1S/2C26H27N2O2.C7H8O3S.BrH/c2*1-2-15-28-24-9-5-3-7-22(24)26(23-8-4-6-10-25(23)28)20-11-13-21(14-12-20)27(16-18-29)17-19-30;1-6-2-4-7(5-3-6)11(8,9)10;/h2*2-14,29-30H,1,15-19H2;2-5H,1H3,(H,8,9,10);1H/q2*+1;;/p-2. The number of anilines is 2. The number of aliphatic hydroxyl groups excluding tert-OH is 4. The molecular weight excluding hydrogens is 989 g/mol. The minimum absolute atomic E-state index is 0. The van der Waals surface area contributed by atoms with Crippen LogP contribution in [0.5, 0.6) is 0 Å². The van der Waals surface area contributed by atoms with Crippen molar-refractivity contribution >= 4 is 65.1 Å². The molecule has 72 heavy (non-hydrogen) atoms. The van der Waals surface area contributed by atoms with Crippen molar-refractivity contribution in [2.75, 3.05) is 62.4 Å². The monoisotopic (exact) mass is 1050 g/mol. The zero-order valence-electron chi connectivity index (χ0n) is 40.4. The van der Waals surface area contributed by atoms with Gasteiger partial charge >= 0.3 is 0 Å². The first-order chi connectivity index (χ1) is 34.6. The van der Waals surface area contributed by atoms with Crippen LogP contribution < -0.4 is 35.9 Å². The Bertz CT molecular complexity index is 3040. The molecule has 9 rings (SSSR count). The Balaban J connectivity index is 0.000000193. The van der Waals surface area contributed by atoms with Crippen molar-refractivity contribution in [2.45, 2.75) is 24.9 Å². The highest BCUT2D eigenvalue weighted by Crippen LogP contribution is 2.36. The first-order valence-electron chi connectivity index (χ1n) is 23.6. The van der Waals surface area contributed by atoms with Gasteiger partial charge in [0.15, 0.2) is 13.1 Å². The van der Waals surface area contributed by atoms with Crippen LogP contribution in [-0.4, -0.2) is 86.0 Å². The number of aryl methyl sites for hydroxylation is 1. The van der Waals surface area contributed by atoms with Crippen molar-refractivity contribution in [1.82, 2.24) is 0 Å². The van der Waals surface area contributed by atoms with Gasteiger partial charge in [-0.1, -0.05) is 104 Å². The maximum atomic E-state index is 10.4. The van der Waals surface area contributed by atoms with Gasteiger partial charge in [0.25, 0.3) is 0 Å². The molecule has 4 N–H and O–H groups in total. The van der Waals surface area contributed by atoms with Gasteiger partial charge in [-0.05, 0) is 90.9 Å².